The van der Waals surface area contributed by atoms with Gasteiger partial charge in [-0.15, -0.1) is 0 Å². The maximum Gasteiger partial charge on any atom is 0.245 e. The van der Waals surface area contributed by atoms with Crippen molar-refractivity contribution in [1.82, 2.24) is 25.3 Å². The summed E-state index contributed by atoms with van der Waals surface area (Å²) in [6.07, 6.45) is 3.70. The molecule has 0 atom stereocenters. The van der Waals surface area contributed by atoms with E-state index >= 15 is 0 Å². The van der Waals surface area contributed by atoms with Crippen LogP contribution in [0.2, 0.25) is 0 Å². The summed E-state index contributed by atoms with van der Waals surface area (Å²) in [5, 5.41) is 10.0. The molecule has 1 aromatic carbocycles. The number of rotatable bonds is 4. The number of anilines is 2. The highest BCUT2D eigenvalue weighted by Crippen LogP contribution is 2.29. The zero-order chi connectivity index (χ0) is 18.9. The van der Waals surface area contributed by atoms with Crippen molar-refractivity contribution >= 4 is 33.7 Å². The van der Waals surface area contributed by atoms with Crippen LogP contribution in [0.3, 0.4) is 0 Å². The maximum atomic E-state index is 5.48. The first kappa shape index (κ1) is 16.8. The number of hydrogen-bond acceptors (Lipinski definition) is 9. The molecule has 0 N–H and O–H groups in total. The van der Waals surface area contributed by atoms with Crippen molar-refractivity contribution in [1.29, 1.82) is 0 Å². The average Bonchev–Trinajstić information content (AvgIpc) is 3.21. The Labute approximate surface area is 160 Å². The molecule has 4 heterocycles. The van der Waals surface area contributed by atoms with E-state index in [1.54, 1.807) is 0 Å². The van der Waals surface area contributed by atoms with Gasteiger partial charge in [-0.1, -0.05) is 18.2 Å². The van der Waals surface area contributed by atoms with Gasteiger partial charge in [-0.25, -0.2) is 14.6 Å². The average molecular weight is 377 g/mol. The van der Waals surface area contributed by atoms with Gasteiger partial charge in [-0.2, -0.15) is 0 Å². The zero-order valence-corrected chi connectivity index (χ0v) is 15.4. The predicted molar refractivity (Wildman–Crippen MR) is 104 cm³/mol. The molecule has 0 bridgehead atoms. The molecule has 4 aromatic rings. The summed E-state index contributed by atoms with van der Waals surface area (Å²) in [5.74, 6) is 1.52. The van der Waals surface area contributed by atoms with Crippen LogP contribution in [0.1, 0.15) is 5.56 Å². The van der Waals surface area contributed by atoms with Crippen LogP contribution < -0.4 is 9.80 Å². The molecule has 1 fully saturated rings. The number of benzene rings is 1. The van der Waals surface area contributed by atoms with Gasteiger partial charge in [-0.05, 0) is 27.3 Å². The molecule has 0 spiro atoms. The second kappa shape index (κ2) is 7.01. The fraction of sp³-hybridized carbons (Fsp3) is 0.316. The normalized spacial score (nSPS) is 14.7. The van der Waals surface area contributed by atoms with Crippen molar-refractivity contribution in [2.24, 2.45) is 0 Å². The van der Waals surface area contributed by atoms with Gasteiger partial charge in [0, 0.05) is 44.5 Å². The van der Waals surface area contributed by atoms with Crippen molar-refractivity contribution in [2.45, 2.75) is 6.54 Å². The van der Waals surface area contributed by atoms with Crippen molar-refractivity contribution in [3.63, 3.8) is 0 Å². The first-order chi connectivity index (χ1) is 13.8. The van der Waals surface area contributed by atoms with Gasteiger partial charge >= 0.3 is 0 Å². The van der Waals surface area contributed by atoms with Gasteiger partial charge in [0.15, 0.2) is 11.6 Å². The molecule has 1 aliphatic heterocycles. The van der Waals surface area contributed by atoms with E-state index in [4.69, 9.17) is 9.37 Å². The zero-order valence-electron chi connectivity index (χ0n) is 15.4. The lowest BCUT2D eigenvalue weighted by Gasteiger charge is -2.31. The van der Waals surface area contributed by atoms with E-state index in [9.17, 15) is 0 Å². The molecule has 9 heteroatoms. The van der Waals surface area contributed by atoms with E-state index in [0.717, 1.165) is 30.1 Å². The number of aromatic nitrogens is 5. The van der Waals surface area contributed by atoms with Gasteiger partial charge in [0.05, 0.1) is 13.2 Å². The minimum absolute atomic E-state index is 0.404. The highest BCUT2D eigenvalue weighted by atomic mass is 16.6. The lowest BCUT2D eigenvalue weighted by atomic mass is 10.1. The molecular formula is C19H19N7O2. The number of morpholine rings is 1. The molecule has 0 radical (unpaired) electrons. The summed E-state index contributed by atoms with van der Waals surface area (Å²) in [6, 6.07) is 8.28. The molecule has 28 heavy (non-hydrogen) atoms. The van der Waals surface area contributed by atoms with Crippen molar-refractivity contribution < 1.29 is 9.37 Å². The molecule has 142 valence electrons. The maximum absolute atomic E-state index is 5.48. The van der Waals surface area contributed by atoms with Gasteiger partial charge in [0.1, 0.15) is 0 Å². The number of nitrogens with zero attached hydrogens (tertiary/aromatic N) is 7. The van der Waals surface area contributed by atoms with Gasteiger partial charge in [0.2, 0.25) is 11.3 Å². The van der Waals surface area contributed by atoms with Crippen LogP contribution >= 0.6 is 0 Å². The van der Waals surface area contributed by atoms with Crippen molar-refractivity contribution in [2.75, 3.05) is 43.2 Å². The molecule has 3 aromatic heterocycles. The van der Waals surface area contributed by atoms with Crippen LogP contribution in [0, 0.1) is 0 Å². The van der Waals surface area contributed by atoms with Crippen molar-refractivity contribution in [3.8, 4) is 0 Å². The van der Waals surface area contributed by atoms with E-state index in [1.807, 2.05) is 31.6 Å². The third-order valence-corrected chi connectivity index (χ3v) is 4.93. The summed E-state index contributed by atoms with van der Waals surface area (Å²) in [5.41, 5.74) is 2.01. The first-order valence-electron chi connectivity index (χ1n) is 9.15. The number of pyridine rings is 1. The number of fused-ring (bicyclic) bond motifs is 2. The van der Waals surface area contributed by atoms with Crippen LogP contribution in [0.15, 0.2) is 41.3 Å². The van der Waals surface area contributed by atoms with E-state index in [1.165, 1.54) is 10.9 Å². The van der Waals surface area contributed by atoms with E-state index in [-0.39, 0.29) is 0 Å². The lowest BCUT2D eigenvalue weighted by Crippen LogP contribution is -2.38. The van der Waals surface area contributed by atoms with Gasteiger partial charge < -0.3 is 14.5 Å². The Balaban J connectivity index is 1.55. The molecule has 1 aliphatic rings. The standard InChI is InChI=1S/C19H19N7O2/c1-25(12-14-4-2-3-13-11-20-6-5-15(13)14)18-19(26-7-9-27-10-8-26)22-17-16(21-18)23-28-24-17/h2-6,11H,7-10,12H2,1H3. The minimum atomic E-state index is 0.404. The fourth-order valence-corrected chi connectivity index (χ4v) is 3.52. The molecular weight excluding hydrogens is 358 g/mol. The number of ether oxygens (including phenoxy) is 1. The summed E-state index contributed by atoms with van der Waals surface area (Å²) < 4.78 is 10.3. The Hall–Kier alpha value is -3.33. The van der Waals surface area contributed by atoms with E-state index in [0.29, 0.717) is 31.1 Å². The highest BCUT2D eigenvalue weighted by Gasteiger charge is 2.23. The topological polar surface area (TPSA) is 93.3 Å². The molecule has 0 saturated carbocycles. The Morgan fingerprint density at radius 2 is 1.89 bits per heavy atom. The van der Waals surface area contributed by atoms with Crippen LogP contribution in [0.25, 0.3) is 22.1 Å². The summed E-state index contributed by atoms with van der Waals surface area (Å²) in [6.45, 7) is 3.51. The van der Waals surface area contributed by atoms with Crippen molar-refractivity contribution in [3.05, 3.63) is 42.2 Å². The predicted octanol–water partition coefficient (Wildman–Crippen LogP) is 2.03. The fourth-order valence-electron chi connectivity index (χ4n) is 3.52. The Morgan fingerprint density at radius 1 is 1.07 bits per heavy atom. The third-order valence-electron chi connectivity index (χ3n) is 4.93. The van der Waals surface area contributed by atoms with Crippen LogP contribution in [0.4, 0.5) is 11.6 Å². The molecule has 9 nitrogen and oxygen atoms in total. The second-order valence-electron chi connectivity index (χ2n) is 6.75. The summed E-state index contributed by atoms with van der Waals surface area (Å²) in [4.78, 5) is 17.8. The Bertz CT molecular complexity index is 1120. The molecule has 0 amide bonds. The summed E-state index contributed by atoms with van der Waals surface area (Å²) >= 11 is 0. The quantitative estimate of drug-likeness (QED) is 0.529. The summed E-state index contributed by atoms with van der Waals surface area (Å²) in [7, 11) is 2.01. The second-order valence-corrected chi connectivity index (χ2v) is 6.75. The lowest BCUT2D eigenvalue weighted by molar-refractivity contribution is 0.122. The minimum Gasteiger partial charge on any atom is -0.378 e. The monoisotopic (exact) mass is 377 g/mol. The third kappa shape index (κ3) is 2.99. The van der Waals surface area contributed by atoms with Crippen LogP contribution in [-0.2, 0) is 11.3 Å². The molecule has 0 unspecified atom stereocenters. The van der Waals surface area contributed by atoms with Gasteiger partial charge in [-0.3, -0.25) is 4.98 Å². The van der Waals surface area contributed by atoms with E-state index in [2.05, 4.69) is 47.2 Å². The molecule has 0 aliphatic carbocycles. The van der Waals surface area contributed by atoms with Crippen LogP contribution in [-0.4, -0.2) is 58.6 Å². The largest absolute Gasteiger partial charge is 0.378 e. The van der Waals surface area contributed by atoms with E-state index < -0.39 is 0 Å². The molecule has 5 rings (SSSR count). The highest BCUT2D eigenvalue weighted by molar-refractivity contribution is 5.85. The van der Waals surface area contributed by atoms with Gasteiger partial charge in [0.25, 0.3) is 0 Å². The smallest absolute Gasteiger partial charge is 0.245 e. The Morgan fingerprint density at radius 3 is 2.75 bits per heavy atom. The Kier molecular flexibility index (Phi) is 4.21. The first-order valence-corrected chi connectivity index (χ1v) is 9.15. The number of hydrogen-bond donors (Lipinski definition) is 0. The SMILES string of the molecule is CN(Cc1cccc2cnccc12)c1nc2nonc2nc1N1CCOCC1. The molecule has 1 saturated heterocycles. The van der Waals surface area contributed by atoms with Crippen LogP contribution in [0.5, 0.6) is 0 Å².